The van der Waals surface area contributed by atoms with Gasteiger partial charge in [-0.2, -0.15) is 0 Å². The van der Waals surface area contributed by atoms with E-state index in [1.165, 1.54) is 31.9 Å². The van der Waals surface area contributed by atoms with Crippen LogP contribution in [0.25, 0.3) is 0 Å². The molecule has 2 N–H and O–H groups in total. The van der Waals surface area contributed by atoms with Crippen LogP contribution in [0.3, 0.4) is 0 Å². The van der Waals surface area contributed by atoms with E-state index >= 15 is 0 Å². The van der Waals surface area contributed by atoms with Gasteiger partial charge >= 0.3 is 0 Å². The van der Waals surface area contributed by atoms with Gasteiger partial charge in [-0.25, -0.2) is 8.42 Å². The molecule has 0 amide bonds. The monoisotopic (exact) mass is 276 g/mol. The topological polar surface area (TPSA) is 63.4 Å². The Morgan fingerprint density at radius 3 is 2.28 bits per heavy atom. The van der Waals surface area contributed by atoms with Crippen LogP contribution in [0, 0.1) is 11.8 Å². The Labute approximate surface area is 112 Å². The van der Waals surface area contributed by atoms with E-state index in [2.05, 4.69) is 11.8 Å². The molecule has 0 aromatic heterocycles. The van der Waals surface area contributed by atoms with E-state index in [1.54, 1.807) is 0 Å². The first kappa shape index (κ1) is 15.9. The van der Waals surface area contributed by atoms with Crippen molar-refractivity contribution >= 4 is 9.84 Å². The minimum Gasteiger partial charge on any atom is -0.329 e. The number of hydrogen-bond donors (Lipinski definition) is 1. The fraction of sp³-hybridized carbons (Fsp3) is 1.00. The van der Waals surface area contributed by atoms with Gasteiger partial charge in [0, 0.05) is 25.4 Å². The van der Waals surface area contributed by atoms with Gasteiger partial charge < -0.3 is 10.6 Å². The van der Waals surface area contributed by atoms with Gasteiger partial charge in [0.05, 0.1) is 5.75 Å². The zero-order valence-corrected chi connectivity index (χ0v) is 12.7. The smallest absolute Gasteiger partial charge is 0.148 e. The van der Waals surface area contributed by atoms with Gasteiger partial charge in [-0.1, -0.05) is 19.8 Å². The summed E-state index contributed by atoms with van der Waals surface area (Å²) in [6.07, 6.45) is 6.31. The molecule has 18 heavy (non-hydrogen) atoms. The number of rotatable bonds is 6. The van der Waals surface area contributed by atoms with Crippen LogP contribution in [-0.4, -0.2) is 51.5 Å². The van der Waals surface area contributed by atoms with Crippen molar-refractivity contribution in [2.24, 2.45) is 17.6 Å². The molecule has 0 radical (unpaired) electrons. The summed E-state index contributed by atoms with van der Waals surface area (Å²) in [7, 11) is -0.882. The molecule has 1 aliphatic rings. The molecular formula is C13H28N2O2S. The summed E-state index contributed by atoms with van der Waals surface area (Å²) in [4.78, 5) is 2.14. The second kappa shape index (κ2) is 6.87. The van der Waals surface area contributed by atoms with Crippen molar-refractivity contribution in [2.45, 2.75) is 38.6 Å². The van der Waals surface area contributed by atoms with Gasteiger partial charge in [-0.3, -0.25) is 0 Å². The molecule has 108 valence electrons. The zero-order chi connectivity index (χ0) is 13.8. The van der Waals surface area contributed by atoms with Crippen LogP contribution in [0.4, 0.5) is 0 Å². The molecule has 1 unspecified atom stereocenters. The van der Waals surface area contributed by atoms with E-state index in [4.69, 9.17) is 5.73 Å². The van der Waals surface area contributed by atoms with Crippen molar-refractivity contribution in [3.63, 3.8) is 0 Å². The quantitative estimate of drug-likeness (QED) is 0.789. The molecule has 1 atom stereocenters. The highest BCUT2D eigenvalue weighted by Gasteiger charge is 2.28. The highest BCUT2D eigenvalue weighted by Crippen LogP contribution is 2.31. The maximum absolute atomic E-state index is 11.2. The minimum atomic E-state index is -2.88. The fourth-order valence-corrected chi connectivity index (χ4v) is 3.50. The summed E-state index contributed by atoms with van der Waals surface area (Å²) in [5.41, 5.74) is 5.89. The van der Waals surface area contributed by atoms with Crippen LogP contribution < -0.4 is 5.73 Å². The van der Waals surface area contributed by atoms with Gasteiger partial charge in [-0.05, 0) is 31.7 Å². The van der Waals surface area contributed by atoms with Crippen molar-refractivity contribution in [2.75, 3.05) is 32.1 Å². The van der Waals surface area contributed by atoms with Crippen molar-refractivity contribution in [1.29, 1.82) is 0 Å². The maximum atomic E-state index is 11.2. The normalized spacial score (nSPS) is 27.4. The predicted octanol–water partition coefficient (Wildman–Crippen LogP) is 1.12. The third-order valence-corrected chi connectivity index (χ3v) is 5.15. The largest absolute Gasteiger partial charge is 0.329 e. The molecule has 4 nitrogen and oxygen atoms in total. The molecule has 0 saturated heterocycles. The molecule has 1 fully saturated rings. The van der Waals surface area contributed by atoms with Crippen molar-refractivity contribution in [3.05, 3.63) is 0 Å². The second-order valence-electron chi connectivity index (χ2n) is 5.93. The number of likely N-dealkylation sites (N-methyl/N-ethyl adjacent to an activating group) is 1. The highest BCUT2D eigenvalue weighted by atomic mass is 32.2. The van der Waals surface area contributed by atoms with Crippen LogP contribution in [-0.2, 0) is 9.84 Å². The SMILES string of the molecule is CC1CCC(C(CN)N(C)CCS(C)(=O)=O)CC1. The summed E-state index contributed by atoms with van der Waals surface area (Å²) in [5.74, 6) is 1.69. The third-order valence-electron chi connectivity index (χ3n) is 4.23. The van der Waals surface area contributed by atoms with E-state index in [-0.39, 0.29) is 5.75 Å². The van der Waals surface area contributed by atoms with Crippen molar-refractivity contribution in [1.82, 2.24) is 4.90 Å². The number of hydrogen-bond acceptors (Lipinski definition) is 4. The van der Waals surface area contributed by atoms with E-state index in [0.717, 1.165) is 5.92 Å². The molecule has 0 aliphatic heterocycles. The first-order valence-electron chi connectivity index (χ1n) is 6.91. The average molecular weight is 276 g/mol. The molecule has 5 heteroatoms. The Bertz CT molecular complexity index is 335. The first-order chi connectivity index (χ1) is 8.33. The molecular weight excluding hydrogens is 248 g/mol. The molecule has 0 heterocycles. The molecule has 0 spiro atoms. The van der Waals surface area contributed by atoms with Crippen LogP contribution in [0.5, 0.6) is 0 Å². The number of nitrogens with two attached hydrogens (primary N) is 1. The third kappa shape index (κ3) is 5.24. The number of sulfone groups is 1. The average Bonchev–Trinajstić information content (AvgIpc) is 2.29. The van der Waals surface area contributed by atoms with Crippen LogP contribution >= 0.6 is 0 Å². The Kier molecular flexibility index (Phi) is 6.08. The lowest BCUT2D eigenvalue weighted by molar-refractivity contribution is 0.141. The second-order valence-corrected chi connectivity index (χ2v) is 8.19. The molecule has 0 aromatic carbocycles. The Hall–Kier alpha value is -0.130. The molecule has 1 saturated carbocycles. The fourth-order valence-electron chi connectivity index (χ4n) is 2.88. The summed E-state index contributed by atoms with van der Waals surface area (Å²) in [6.45, 7) is 3.52. The minimum absolute atomic E-state index is 0.225. The Morgan fingerprint density at radius 2 is 1.83 bits per heavy atom. The van der Waals surface area contributed by atoms with Gasteiger partial charge in [0.2, 0.25) is 0 Å². The van der Waals surface area contributed by atoms with Crippen LogP contribution in [0.1, 0.15) is 32.6 Å². The van der Waals surface area contributed by atoms with Gasteiger partial charge in [-0.15, -0.1) is 0 Å². The summed E-state index contributed by atoms with van der Waals surface area (Å²) < 4.78 is 22.4. The molecule has 0 aromatic rings. The summed E-state index contributed by atoms with van der Waals surface area (Å²) in [5, 5.41) is 0. The Balaban J connectivity index is 2.49. The molecule has 0 bridgehead atoms. The van der Waals surface area contributed by atoms with E-state index in [9.17, 15) is 8.42 Å². The predicted molar refractivity (Wildman–Crippen MR) is 76.3 cm³/mol. The lowest BCUT2D eigenvalue weighted by Crippen LogP contribution is -2.46. The lowest BCUT2D eigenvalue weighted by atomic mass is 9.79. The van der Waals surface area contributed by atoms with Gasteiger partial charge in [0.15, 0.2) is 0 Å². The maximum Gasteiger partial charge on any atom is 0.148 e. The highest BCUT2D eigenvalue weighted by molar-refractivity contribution is 7.90. The van der Waals surface area contributed by atoms with Crippen LogP contribution in [0.15, 0.2) is 0 Å². The summed E-state index contributed by atoms with van der Waals surface area (Å²) >= 11 is 0. The molecule has 1 rings (SSSR count). The van der Waals surface area contributed by atoms with Gasteiger partial charge in [0.1, 0.15) is 9.84 Å². The van der Waals surface area contributed by atoms with Gasteiger partial charge in [0.25, 0.3) is 0 Å². The van der Waals surface area contributed by atoms with Crippen molar-refractivity contribution in [3.8, 4) is 0 Å². The van der Waals surface area contributed by atoms with Crippen LogP contribution in [0.2, 0.25) is 0 Å². The zero-order valence-electron chi connectivity index (χ0n) is 11.9. The standard InChI is InChI=1S/C13H28N2O2S/c1-11-4-6-12(7-5-11)13(10-14)15(2)8-9-18(3,16)17/h11-13H,4-10,14H2,1-3H3. The first-order valence-corrected chi connectivity index (χ1v) is 8.97. The summed E-state index contributed by atoms with van der Waals surface area (Å²) in [6, 6.07) is 0.333. The Morgan fingerprint density at radius 1 is 1.28 bits per heavy atom. The van der Waals surface area contributed by atoms with E-state index in [0.29, 0.717) is 25.0 Å². The lowest BCUT2D eigenvalue weighted by Gasteiger charge is -2.37. The number of nitrogens with zero attached hydrogens (tertiary/aromatic N) is 1. The molecule has 1 aliphatic carbocycles. The van der Waals surface area contributed by atoms with E-state index < -0.39 is 9.84 Å². The van der Waals surface area contributed by atoms with Crippen molar-refractivity contribution < 1.29 is 8.42 Å². The van der Waals surface area contributed by atoms with E-state index in [1.807, 2.05) is 7.05 Å².